The van der Waals surface area contributed by atoms with Gasteiger partial charge in [0, 0.05) is 31.2 Å². The first-order valence-electron chi connectivity index (χ1n) is 10.6. The predicted molar refractivity (Wildman–Crippen MR) is 104 cm³/mol. The van der Waals surface area contributed by atoms with E-state index in [1.165, 1.54) is 71.1 Å². The molecule has 0 N–H and O–H groups in total. The summed E-state index contributed by atoms with van der Waals surface area (Å²) < 4.78 is 0. The minimum absolute atomic E-state index is 0.319. The maximum atomic E-state index is 2.77. The average Bonchev–Trinajstić information content (AvgIpc) is 2.54. The summed E-state index contributed by atoms with van der Waals surface area (Å²) in [6.45, 7) is 19.7. The van der Waals surface area contributed by atoms with E-state index in [4.69, 9.17) is 0 Å². The van der Waals surface area contributed by atoms with Crippen molar-refractivity contribution < 1.29 is 0 Å². The monoisotopic (exact) mass is 334 g/mol. The van der Waals surface area contributed by atoms with Crippen LogP contribution in [0.3, 0.4) is 0 Å². The number of hydrogen-bond acceptors (Lipinski definition) is 2. The molecule has 0 spiro atoms. The molecule has 0 aromatic carbocycles. The van der Waals surface area contributed by atoms with Crippen molar-refractivity contribution in [2.24, 2.45) is 16.7 Å². The zero-order valence-corrected chi connectivity index (χ0v) is 17.3. The highest BCUT2D eigenvalue weighted by Gasteiger charge is 2.49. The van der Waals surface area contributed by atoms with Crippen LogP contribution < -0.4 is 0 Å². The van der Waals surface area contributed by atoms with Crippen LogP contribution in [0, 0.1) is 16.7 Å². The van der Waals surface area contributed by atoms with E-state index in [0.717, 1.165) is 5.92 Å². The summed E-state index contributed by atoms with van der Waals surface area (Å²) in [6.07, 6.45) is 10.5. The van der Waals surface area contributed by atoms with Crippen molar-refractivity contribution in [1.82, 2.24) is 9.80 Å². The molecule has 0 radical (unpaired) electrons. The fraction of sp³-hybridized carbons (Fsp3) is 1.00. The third kappa shape index (κ3) is 3.56. The summed E-state index contributed by atoms with van der Waals surface area (Å²) in [7, 11) is 0. The van der Waals surface area contributed by atoms with Crippen LogP contribution in [0.5, 0.6) is 0 Å². The highest BCUT2D eigenvalue weighted by atomic mass is 15.3. The molecule has 24 heavy (non-hydrogen) atoms. The predicted octanol–water partition coefficient (Wildman–Crippen LogP) is 5.18. The van der Waals surface area contributed by atoms with E-state index in [2.05, 4.69) is 51.3 Å². The van der Waals surface area contributed by atoms with Gasteiger partial charge in [-0.25, -0.2) is 0 Å². The van der Waals surface area contributed by atoms with Crippen LogP contribution in [0.2, 0.25) is 0 Å². The standard InChI is InChI=1S/C22H42N2/c1-18-17-24(20(2,3)4)16-15-23(18)14-13-21(5,6)22-10-7-19(8-11-22)9-12-22/h18-19H,7-17H2,1-6H3. The molecule has 0 amide bonds. The first-order valence-corrected chi connectivity index (χ1v) is 10.6. The Balaban J connectivity index is 1.55. The molecule has 0 aromatic rings. The molecule has 4 fully saturated rings. The van der Waals surface area contributed by atoms with Crippen LogP contribution in [0.1, 0.15) is 86.5 Å². The van der Waals surface area contributed by atoms with Crippen LogP contribution in [-0.2, 0) is 0 Å². The molecule has 3 aliphatic carbocycles. The highest BCUT2D eigenvalue weighted by Crippen LogP contribution is 2.60. The van der Waals surface area contributed by atoms with Gasteiger partial charge in [-0.3, -0.25) is 9.80 Å². The zero-order chi connectivity index (χ0) is 17.6. The lowest BCUT2D eigenvalue weighted by molar-refractivity contribution is -0.0560. The lowest BCUT2D eigenvalue weighted by Gasteiger charge is -2.56. The van der Waals surface area contributed by atoms with Gasteiger partial charge in [-0.1, -0.05) is 13.8 Å². The van der Waals surface area contributed by atoms with Crippen molar-refractivity contribution in [1.29, 1.82) is 0 Å². The molecule has 1 atom stereocenters. The summed E-state index contributed by atoms with van der Waals surface area (Å²) >= 11 is 0. The molecule has 1 saturated heterocycles. The first-order chi connectivity index (χ1) is 11.1. The number of fused-ring (bicyclic) bond motifs is 3. The highest BCUT2D eigenvalue weighted by molar-refractivity contribution is 5.00. The van der Waals surface area contributed by atoms with Gasteiger partial charge in [-0.15, -0.1) is 0 Å². The van der Waals surface area contributed by atoms with Crippen LogP contribution >= 0.6 is 0 Å². The molecule has 2 nitrogen and oxygen atoms in total. The Labute approximate surface area is 151 Å². The first kappa shape index (κ1) is 18.7. The van der Waals surface area contributed by atoms with Gasteiger partial charge < -0.3 is 0 Å². The average molecular weight is 335 g/mol. The van der Waals surface area contributed by atoms with Crippen LogP contribution in [-0.4, -0.2) is 47.6 Å². The topological polar surface area (TPSA) is 6.48 Å². The van der Waals surface area contributed by atoms with E-state index in [9.17, 15) is 0 Å². The van der Waals surface area contributed by atoms with E-state index >= 15 is 0 Å². The number of rotatable bonds is 4. The fourth-order valence-corrected chi connectivity index (χ4v) is 5.89. The van der Waals surface area contributed by atoms with Crippen molar-refractivity contribution in [2.45, 2.75) is 98.1 Å². The molecule has 1 heterocycles. The minimum atomic E-state index is 0.319. The third-order valence-electron chi connectivity index (χ3n) is 8.27. The summed E-state index contributed by atoms with van der Waals surface area (Å²) in [5.74, 6) is 1.08. The third-order valence-corrected chi connectivity index (χ3v) is 8.27. The molecular weight excluding hydrogens is 292 g/mol. The van der Waals surface area contributed by atoms with Gasteiger partial charge in [-0.2, -0.15) is 0 Å². The SMILES string of the molecule is CC1CN(C(C)(C)C)CCN1CCC(C)(C)C12CCC(CC1)CC2. The maximum absolute atomic E-state index is 2.77. The van der Waals surface area contributed by atoms with Gasteiger partial charge in [0.1, 0.15) is 0 Å². The van der Waals surface area contributed by atoms with E-state index in [0.29, 0.717) is 22.4 Å². The molecule has 1 aliphatic heterocycles. The van der Waals surface area contributed by atoms with Gasteiger partial charge >= 0.3 is 0 Å². The number of nitrogens with zero attached hydrogens (tertiary/aromatic N) is 2. The molecular formula is C22H42N2. The maximum Gasteiger partial charge on any atom is 0.0195 e. The quantitative estimate of drug-likeness (QED) is 0.699. The largest absolute Gasteiger partial charge is 0.298 e. The van der Waals surface area contributed by atoms with Crippen molar-refractivity contribution in [3.63, 3.8) is 0 Å². The van der Waals surface area contributed by atoms with Gasteiger partial charge in [0.15, 0.2) is 0 Å². The Morgan fingerprint density at radius 1 is 0.917 bits per heavy atom. The summed E-state index contributed by atoms with van der Waals surface area (Å²) in [4.78, 5) is 5.44. The van der Waals surface area contributed by atoms with Crippen LogP contribution in [0.25, 0.3) is 0 Å². The Kier molecular flexibility index (Phi) is 5.13. The molecule has 4 rings (SSSR count). The lowest BCUT2D eigenvalue weighted by atomic mass is 9.50. The van der Waals surface area contributed by atoms with Crippen molar-refractivity contribution in [2.75, 3.05) is 26.2 Å². The Bertz CT molecular complexity index is 412. The Morgan fingerprint density at radius 2 is 1.50 bits per heavy atom. The lowest BCUT2D eigenvalue weighted by Crippen LogP contribution is -2.57. The zero-order valence-electron chi connectivity index (χ0n) is 17.3. The molecule has 3 saturated carbocycles. The van der Waals surface area contributed by atoms with E-state index in [1.807, 2.05) is 0 Å². The molecule has 0 aromatic heterocycles. The van der Waals surface area contributed by atoms with Crippen LogP contribution in [0.15, 0.2) is 0 Å². The van der Waals surface area contributed by atoms with Crippen molar-refractivity contribution in [3.8, 4) is 0 Å². The van der Waals surface area contributed by atoms with E-state index < -0.39 is 0 Å². The fourth-order valence-electron chi connectivity index (χ4n) is 5.89. The summed E-state index contributed by atoms with van der Waals surface area (Å²) in [5.41, 5.74) is 1.50. The molecule has 140 valence electrons. The number of piperazine rings is 1. The molecule has 2 heteroatoms. The van der Waals surface area contributed by atoms with E-state index in [1.54, 1.807) is 0 Å². The smallest absolute Gasteiger partial charge is 0.0195 e. The minimum Gasteiger partial charge on any atom is -0.298 e. The van der Waals surface area contributed by atoms with Gasteiger partial charge in [0.05, 0.1) is 0 Å². The molecule has 1 unspecified atom stereocenters. The second-order valence-corrected chi connectivity index (χ2v) is 10.9. The Morgan fingerprint density at radius 3 is 2.00 bits per heavy atom. The molecule has 2 bridgehead atoms. The van der Waals surface area contributed by atoms with Gasteiger partial charge in [0.25, 0.3) is 0 Å². The summed E-state index contributed by atoms with van der Waals surface area (Å²) in [6, 6.07) is 0.702. The summed E-state index contributed by atoms with van der Waals surface area (Å²) in [5, 5.41) is 0. The molecule has 4 aliphatic rings. The van der Waals surface area contributed by atoms with Crippen molar-refractivity contribution >= 4 is 0 Å². The number of hydrogen-bond donors (Lipinski definition) is 0. The van der Waals surface area contributed by atoms with E-state index in [-0.39, 0.29) is 0 Å². The normalized spacial score (nSPS) is 36.2. The van der Waals surface area contributed by atoms with Gasteiger partial charge in [-0.05, 0) is 95.9 Å². The van der Waals surface area contributed by atoms with Crippen LogP contribution in [0.4, 0.5) is 0 Å². The second-order valence-electron chi connectivity index (χ2n) is 10.9. The Hall–Kier alpha value is -0.0800. The van der Waals surface area contributed by atoms with Gasteiger partial charge in [0.2, 0.25) is 0 Å². The van der Waals surface area contributed by atoms with Crippen molar-refractivity contribution in [3.05, 3.63) is 0 Å². The second kappa shape index (κ2) is 6.58.